The quantitative estimate of drug-likeness (QED) is 0.528. The predicted octanol–water partition coefficient (Wildman–Crippen LogP) is 5.71. The molecule has 1 aromatic carbocycles. The summed E-state index contributed by atoms with van der Waals surface area (Å²) in [6.07, 6.45) is 20.2. The molecule has 1 unspecified atom stereocenters. The monoisotopic (exact) mass is 476 g/mol. The van der Waals surface area contributed by atoms with Crippen molar-refractivity contribution in [2.24, 2.45) is 22.6 Å². The molecule has 0 saturated heterocycles. The summed E-state index contributed by atoms with van der Waals surface area (Å²) in [6, 6.07) is 6.23. The molecular weight excluding hydrogens is 436 g/mol. The van der Waals surface area contributed by atoms with E-state index in [4.69, 9.17) is 15.5 Å². The van der Waals surface area contributed by atoms with Crippen molar-refractivity contribution in [3.05, 3.63) is 47.7 Å². The number of nitrogens with two attached hydrogens (primary N) is 1. The van der Waals surface area contributed by atoms with Crippen molar-refractivity contribution in [1.29, 1.82) is 0 Å². The number of hydrogen-bond acceptors (Lipinski definition) is 5. The molecule has 3 aliphatic carbocycles. The van der Waals surface area contributed by atoms with Crippen molar-refractivity contribution >= 4 is 17.6 Å². The van der Waals surface area contributed by atoms with Crippen molar-refractivity contribution in [2.75, 3.05) is 6.54 Å². The van der Waals surface area contributed by atoms with Gasteiger partial charge in [-0.2, -0.15) is 0 Å². The van der Waals surface area contributed by atoms with E-state index >= 15 is 0 Å². The highest BCUT2D eigenvalue weighted by Crippen LogP contribution is 2.35. The lowest BCUT2D eigenvalue weighted by Gasteiger charge is -2.41. The van der Waals surface area contributed by atoms with Crippen molar-refractivity contribution < 1.29 is 9.53 Å². The first-order valence-electron chi connectivity index (χ1n) is 13.7. The lowest BCUT2D eigenvalue weighted by atomic mass is 9.82. The number of guanidine groups is 1. The van der Waals surface area contributed by atoms with Gasteiger partial charge in [-0.1, -0.05) is 44.6 Å². The van der Waals surface area contributed by atoms with E-state index in [9.17, 15) is 4.79 Å². The third-order valence-electron chi connectivity index (χ3n) is 8.17. The molecule has 6 nitrogen and oxygen atoms in total. The molecule has 0 radical (unpaired) electrons. The summed E-state index contributed by atoms with van der Waals surface area (Å²) in [5.41, 5.74) is 8.58. The molecule has 1 atom stereocenters. The zero-order chi connectivity index (χ0) is 24.0. The minimum Gasteiger partial charge on any atom is -0.458 e. The van der Waals surface area contributed by atoms with Crippen LogP contribution in [0.4, 0.5) is 5.69 Å². The van der Waals surface area contributed by atoms with Crippen LogP contribution >= 0.6 is 0 Å². The largest absolute Gasteiger partial charge is 0.458 e. The van der Waals surface area contributed by atoms with Crippen LogP contribution in [0, 0.1) is 11.8 Å². The Kier molecular flexibility index (Phi) is 7.75. The van der Waals surface area contributed by atoms with Crippen LogP contribution in [0.15, 0.2) is 47.2 Å². The predicted molar refractivity (Wildman–Crippen MR) is 140 cm³/mol. The molecule has 1 aliphatic heterocycles. The number of nitrogens with zero attached hydrogens (tertiary/aromatic N) is 2. The molecule has 2 fully saturated rings. The number of fused-ring (bicyclic) bond motifs is 1. The van der Waals surface area contributed by atoms with E-state index in [1.54, 1.807) is 0 Å². The van der Waals surface area contributed by atoms with Crippen LogP contribution in [0.3, 0.4) is 0 Å². The Labute approximate surface area is 209 Å². The number of aliphatic imine (C=N–C) groups is 1. The molecule has 1 aromatic rings. The summed E-state index contributed by atoms with van der Waals surface area (Å²) in [4.78, 5) is 20.0. The molecule has 2 saturated carbocycles. The molecule has 3 N–H and O–H groups in total. The smallest absolute Gasteiger partial charge is 0.223 e. The average molecular weight is 477 g/mol. The highest BCUT2D eigenvalue weighted by atomic mass is 16.5. The summed E-state index contributed by atoms with van der Waals surface area (Å²) >= 11 is 0. The van der Waals surface area contributed by atoms with Gasteiger partial charge in [0.05, 0.1) is 11.7 Å². The van der Waals surface area contributed by atoms with Gasteiger partial charge in [0, 0.05) is 24.6 Å². The number of nitrogens with one attached hydrogen (secondary N) is 1. The van der Waals surface area contributed by atoms with E-state index in [-0.39, 0.29) is 17.9 Å². The van der Waals surface area contributed by atoms with Gasteiger partial charge >= 0.3 is 0 Å². The van der Waals surface area contributed by atoms with Gasteiger partial charge < -0.3 is 20.7 Å². The van der Waals surface area contributed by atoms with Crippen LogP contribution in [0.25, 0.3) is 0 Å². The highest BCUT2D eigenvalue weighted by Gasteiger charge is 2.33. The lowest BCUT2D eigenvalue weighted by molar-refractivity contribution is -0.126. The van der Waals surface area contributed by atoms with Gasteiger partial charge in [0.25, 0.3) is 0 Å². The van der Waals surface area contributed by atoms with Crippen LogP contribution in [0.1, 0.15) is 82.6 Å². The normalized spacial score (nSPS) is 22.1. The van der Waals surface area contributed by atoms with Crippen LogP contribution < -0.4 is 15.8 Å². The van der Waals surface area contributed by atoms with E-state index < -0.39 is 0 Å². The van der Waals surface area contributed by atoms with Gasteiger partial charge in [0.2, 0.25) is 5.91 Å². The van der Waals surface area contributed by atoms with Crippen molar-refractivity contribution in [3.63, 3.8) is 0 Å². The molecule has 0 aromatic heterocycles. The van der Waals surface area contributed by atoms with Crippen LogP contribution in [-0.2, 0) is 11.3 Å². The van der Waals surface area contributed by atoms with Crippen molar-refractivity contribution in [1.82, 2.24) is 10.2 Å². The molecular formula is C29H40N4O2. The second-order valence-electron chi connectivity index (χ2n) is 10.6. The average Bonchev–Trinajstić information content (AvgIpc) is 2.91. The Morgan fingerprint density at radius 1 is 1.09 bits per heavy atom. The van der Waals surface area contributed by atoms with Gasteiger partial charge in [-0.15, -0.1) is 0 Å². The second kappa shape index (κ2) is 11.3. The Balaban J connectivity index is 1.32. The molecule has 35 heavy (non-hydrogen) atoms. The topological polar surface area (TPSA) is 80.0 Å². The molecule has 0 bridgehead atoms. The van der Waals surface area contributed by atoms with Gasteiger partial charge in [0.15, 0.2) is 5.96 Å². The summed E-state index contributed by atoms with van der Waals surface area (Å²) in [6.45, 7) is 1.33. The number of hydrogen-bond donors (Lipinski definition) is 2. The van der Waals surface area contributed by atoms with E-state index in [0.29, 0.717) is 25.0 Å². The number of rotatable bonds is 7. The minimum absolute atomic E-state index is 0.160. The number of carbonyl (C=O) groups excluding carboxylic acids is 1. The maximum absolute atomic E-state index is 13.0. The zero-order valence-electron chi connectivity index (χ0n) is 20.9. The first kappa shape index (κ1) is 24.0. The first-order chi connectivity index (χ1) is 17.2. The molecule has 0 spiro atoms. The fourth-order valence-corrected chi connectivity index (χ4v) is 6.17. The van der Waals surface area contributed by atoms with E-state index in [0.717, 1.165) is 48.4 Å². The number of amides is 1. The van der Waals surface area contributed by atoms with E-state index in [1.807, 2.05) is 18.2 Å². The maximum Gasteiger partial charge on any atom is 0.223 e. The first-order valence-corrected chi connectivity index (χ1v) is 13.7. The van der Waals surface area contributed by atoms with Gasteiger partial charge in [-0.3, -0.25) is 4.79 Å². The number of allylic oxidation sites excluding steroid dienone is 3. The molecule has 4 aliphatic rings. The second-order valence-corrected chi connectivity index (χ2v) is 10.6. The van der Waals surface area contributed by atoms with Crippen LogP contribution in [0.5, 0.6) is 5.75 Å². The standard InChI is InChI=1S/C29H40N4O2/c30-29-32-26-17-16-25(35-24-14-8-3-9-15-24)18-23(26)20-33(29)27(21-10-4-1-5-11-21)19-31-28(34)22-12-6-2-7-13-22/h8,14-18,21-22,27H,1-7,9-13,19-20H2,(H2,30,32)(H,31,34). The Morgan fingerprint density at radius 3 is 2.60 bits per heavy atom. The molecule has 1 amide bonds. The van der Waals surface area contributed by atoms with E-state index in [1.165, 1.54) is 51.4 Å². The fourth-order valence-electron chi connectivity index (χ4n) is 6.17. The van der Waals surface area contributed by atoms with Crippen LogP contribution in [0.2, 0.25) is 0 Å². The van der Waals surface area contributed by atoms with Gasteiger partial charge in [-0.25, -0.2) is 4.99 Å². The third-order valence-corrected chi connectivity index (χ3v) is 8.17. The zero-order valence-corrected chi connectivity index (χ0v) is 20.9. The maximum atomic E-state index is 13.0. The fraction of sp³-hybridized carbons (Fsp3) is 0.586. The summed E-state index contributed by atoms with van der Waals surface area (Å²) < 4.78 is 6.13. The summed E-state index contributed by atoms with van der Waals surface area (Å²) in [5, 5.41) is 3.33. The Hall–Kier alpha value is -2.76. The number of ether oxygens (including phenoxy) is 1. The summed E-state index contributed by atoms with van der Waals surface area (Å²) in [5.74, 6) is 3.21. The minimum atomic E-state index is 0.160. The Morgan fingerprint density at radius 2 is 1.86 bits per heavy atom. The molecule has 1 heterocycles. The SMILES string of the molecule is NC1=Nc2ccc(OC3=CCCC=C3)cc2CN1C(CNC(=O)C1CCCCC1)C1CCCCC1. The lowest BCUT2D eigenvalue weighted by Crippen LogP contribution is -2.54. The number of carbonyl (C=O) groups is 1. The summed E-state index contributed by atoms with van der Waals surface area (Å²) in [7, 11) is 0. The molecule has 5 rings (SSSR count). The van der Waals surface area contributed by atoms with Crippen LogP contribution in [-0.4, -0.2) is 29.4 Å². The molecule has 188 valence electrons. The van der Waals surface area contributed by atoms with Crippen molar-refractivity contribution in [3.8, 4) is 5.75 Å². The van der Waals surface area contributed by atoms with Gasteiger partial charge in [0.1, 0.15) is 11.5 Å². The number of benzene rings is 1. The van der Waals surface area contributed by atoms with Gasteiger partial charge in [-0.05, 0) is 74.8 Å². The highest BCUT2D eigenvalue weighted by molar-refractivity contribution is 5.84. The van der Waals surface area contributed by atoms with Crippen molar-refractivity contribution in [2.45, 2.75) is 89.6 Å². The third kappa shape index (κ3) is 5.91. The Bertz CT molecular complexity index is 986. The van der Waals surface area contributed by atoms with E-state index in [2.05, 4.69) is 28.4 Å². The molecule has 6 heteroatoms.